The minimum absolute atomic E-state index is 0. The van der Waals surface area contributed by atoms with E-state index in [9.17, 15) is 0 Å². The fraction of sp³-hybridized carbons (Fsp3) is 0.381. The Kier molecular flexibility index (Phi) is 7.72. The molecule has 0 aliphatic carbocycles. The summed E-state index contributed by atoms with van der Waals surface area (Å²) in [6, 6.07) is 14.4. The number of benzene rings is 1. The van der Waals surface area contributed by atoms with Gasteiger partial charge in [0.15, 0.2) is 11.6 Å². The van der Waals surface area contributed by atoms with Crippen LogP contribution in [0.4, 0.5) is 5.69 Å². The number of aliphatic imine (C=N–C) groups is 1. The van der Waals surface area contributed by atoms with E-state index in [4.69, 9.17) is 4.74 Å². The van der Waals surface area contributed by atoms with E-state index in [1.165, 1.54) is 0 Å². The highest BCUT2D eigenvalue weighted by Gasteiger charge is 2.25. The van der Waals surface area contributed by atoms with Crippen molar-refractivity contribution in [3.05, 3.63) is 54.5 Å². The number of anilines is 1. The number of para-hydroxylation sites is 2. The first-order valence-corrected chi connectivity index (χ1v) is 9.92. The van der Waals surface area contributed by atoms with Gasteiger partial charge in [0.05, 0.1) is 12.8 Å². The molecule has 1 aromatic carbocycles. The zero-order valence-corrected chi connectivity index (χ0v) is 19.6. The predicted octanol–water partition coefficient (Wildman–Crippen LogP) is 2.34. The Labute approximate surface area is 193 Å². The predicted molar refractivity (Wildman–Crippen MR) is 130 cm³/mol. The summed E-state index contributed by atoms with van der Waals surface area (Å²) in [7, 11) is 3.52. The molecule has 9 heteroatoms. The molecule has 1 fully saturated rings. The van der Waals surface area contributed by atoms with Crippen molar-refractivity contribution in [2.75, 3.05) is 38.7 Å². The minimum Gasteiger partial charge on any atom is -0.495 e. The lowest BCUT2D eigenvalue weighted by atomic mass is 10.2. The monoisotopic (exact) mass is 521 g/mol. The average molecular weight is 521 g/mol. The third-order valence-electron chi connectivity index (χ3n) is 5.20. The number of guanidine groups is 1. The lowest BCUT2D eigenvalue weighted by molar-refractivity contribution is 0.415. The Morgan fingerprint density at radius 1 is 1.20 bits per heavy atom. The van der Waals surface area contributed by atoms with Crippen LogP contribution >= 0.6 is 24.0 Å². The summed E-state index contributed by atoms with van der Waals surface area (Å²) >= 11 is 0. The molecule has 3 aromatic rings. The molecule has 0 bridgehead atoms. The van der Waals surface area contributed by atoms with E-state index in [0.717, 1.165) is 61.3 Å². The minimum atomic E-state index is 0. The number of halogens is 1. The molecule has 4 rings (SSSR count). The smallest absolute Gasteiger partial charge is 0.191 e. The number of nitrogens with one attached hydrogen (secondary N) is 2. The quantitative estimate of drug-likeness (QED) is 0.295. The standard InChI is InChI=1S/C21H27N7O.HI/c1-22-21(23-12-10-20-26-25-19-9-5-6-13-28(19)20)24-16-11-14-27(15-16)17-7-3-4-8-18(17)29-2;/h3-9,13,16H,10-12,14-15H2,1-2H3,(H2,22,23,24);1H. The number of aromatic nitrogens is 3. The second-order valence-electron chi connectivity index (χ2n) is 7.04. The fourth-order valence-corrected chi connectivity index (χ4v) is 3.73. The SMILES string of the molecule is CN=C(NCCc1nnc2ccccn12)NC1CCN(c2ccccc2OC)C1.I. The van der Waals surface area contributed by atoms with Crippen molar-refractivity contribution in [2.24, 2.45) is 4.99 Å². The van der Waals surface area contributed by atoms with Crippen LogP contribution in [0.3, 0.4) is 0 Å². The van der Waals surface area contributed by atoms with Gasteiger partial charge in [-0.25, -0.2) is 0 Å². The molecule has 0 amide bonds. The first-order chi connectivity index (χ1) is 14.3. The Balaban J connectivity index is 0.00000256. The van der Waals surface area contributed by atoms with Crippen molar-refractivity contribution < 1.29 is 4.74 Å². The van der Waals surface area contributed by atoms with Gasteiger partial charge in [-0.1, -0.05) is 18.2 Å². The number of hydrogen-bond acceptors (Lipinski definition) is 5. The van der Waals surface area contributed by atoms with Crippen LogP contribution < -0.4 is 20.3 Å². The van der Waals surface area contributed by atoms with Gasteiger partial charge in [0.25, 0.3) is 0 Å². The number of fused-ring (bicyclic) bond motifs is 1. The van der Waals surface area contributed by atoms with Gasteiger partial charge in [-0.2, -0.15) is 0 Å². The average Bonchev–Trinajstić information content (AvgIpc) is 3.40. The molecule has 1 aliphatic rings. The largest absolute Gasteiger partial charge is 0.495 e. The summed E-state index contributed by atoms with van der Waals surface area (Å²) < 4.78 is 7.52. The van der Waals surface area contributed by atoms with Gasteiger partial charge in [0.2, 0.25) is 0 Å². The molecule has 2 aromatic heterocycles. The van der Waals surface area contributed by atoms with Crippen molar-refractivity contribution in [1.82, 2.24) is 25.2 Å². The molecular formula is C21H28IN7O. The van der Waals surface area contributed by atoms with Gasteiger partial charge in [-0.15, -0.1) is 34.2 Å². The van der Waals surface area contributed by atoms with Gasteiger partial charge in [0, 0.05) is 45.3 Å². The third kappa shape index (κ3) is 4.94. The lowest BCUT2D eigenvalue weighted by Crippen LogP contribution is -2.45. The van der Waals surface area contributed by atoms with Crippen LogP contribution in [0, 0.1) is 0 Å². The molecule has 1 atom stereocenters. The van der Waals surface area contributed by atoms with Crippen LogP contribution in [-0.4, -0.2) is 60.4 Å². The van der Waals surface area contributed by atoms with Gasteiger partial charge >= 0.3 is 0 Å². The fourth-order valence-electron chi connectivity index (χ4n) is 3.73. The summed E-state index contributed by atoms with van der Waals surface area (Å²) in [4.78, 5) is 6.73. The second-order valence-corrected chi connectivity index (χ2v) is 7.04. The maximum atomic E-state index is 5.50. The van der Waals surface area contributed by atoms with Gasteiger partial charge in [-0.05, 0) is 30.7 Å². The van der Waals surface area contributed by atoms with Crippen molar-refractivity contribution in [2.45, 2.75) is 18.9 Å². The summed E-state index contributed by atoms with van der Waals surface area (Å²) in [6.07, 6.45) is 3.81. The molecule has 1 saturated heterocycles. The number of pyridine rings is 1. The zero-order chi connectivity index (χ0) is 20.1. The number of hydrogen-bond donors (Lipinski definition) is 2. The van der Waals surface area contributed by atoms with Crippen LogP contribution in [0.1, 0.15) is 12.2 Å². The first kappa shape index (κ1) is 22.1. The van der Waals surface area contributed by atoms with Crippen molar-refractivity contribution in [1.29, 1.82) is 0 Å². The summed E-state index contributed by atoms with van der Waals surface area (Å²) in [6.45, 7) is 2.63. The highest BCUT2D eigenvalue weighted by atomic mass is 127. The van der Waals surface area contributed by atoms with Crippen molar-refractivity contribution in [3.8, 4) is 5.75 Å². The van der Waals surface area contributed by atoms with Gasteiger partial charge in [-0.3, -0.25) is 9.39 Å². The summed E-state index contributed by atoms with van der Waals surface area (Å²) in [5.41, 5.74) is 2.01. The zero-order valence-electron chi connectivity index (χ0n) is 17.3. The van der Waals surface area contributed by atoms with Crippen LogP contribution in [0.15, 0.2) is 53.7 Å². The summed E-state index contributed by atoms with van der Waals surface area (Å²) in [5, 5.41) is 15.4. The van der Waals surface area contributed by atoms with E-state index in [2.05, 4.69) is 36.8 Å². The first-order valence-electron chi connectivity index (χ1n) is 9.92. The van der Waals surface area contributed by atoms with Crippen LogP contribution in [0.25, 0.3) is 5.65 Å². The van der Waals surface area contributed by atoms with Crippen LogP contribution in [0.5, 0.6) is 5.75 Å². The van der Waals surface area contributed by atoms with Gasteiger partial charge < -0.3 is 20.3 Å². The molecule has 3 heterocycles. The van der Waals surface area contributed by atoms with Crippen LogP contribution in [-0.2, 0) is 6.42 Å². The molecule has 1 aliphatic heterocycles. The van der Waals surface area contributed by atoms with E-state index >= 15 is 0 Å². The maximum Gasteiger partial charge on any atom is 0.191 e. The number of rotatable bonds is 6. The molecule has 0 spiro atoms. The van der Waals surface area contributed by atoms with Crippen LogP contribution in [0.2, 0.25) is 0 Å². The highest BCUT2D eigenvalue weighted by molar-refractivity contribution is 14.0. The number of nitrogens with zero attached hydrogens (tertiary/aromatic N) is 5. The molecule has 2 N–H and O–H groups in total. The molecule has 30 heavy (non-hydrogen) atoms. The molecular weight excluding hydrogens is 493 g/mol. The van der Waals surface area contributed by atoms with Crippen molar-refractivity contribution >= 4 is 41.3 Å². The molecule has 160 valence electrons. The highest BCUT2D eigenvalue weighted by Crippen LogP contribution is 2.30. The van der Waals surface area contributed by atoms with Gasteiger partial charge in [0.1, 0.15) is 11.6 Å². The van der Waals surface area contributed by atoms with E-state index in [-0.39, 0.29) is 24.0 Å². The van der Waals surface area contributed by atoms with Crippen molar-refractivity contribution in [3.63, 3.8) is 0 Å². The second kappa shape index (κ2) is 10.5. The number of ether oxygens (including phenoxy) is 1. The summed E-state index contributed by atoms with van der Waals surface area (Å²) in [5.74, 6) is 2.66. The Morgan fingerprint density at radius 3 is 2.87 bits per heavy atom. The Hall–Kier alpha value is -2.56. The Bertz CT molecular complexity index is 990. The molecule has 0 radical (unpaired) electrons. The third-order valence-corrected chi connectivity index (χ3v) is 5.20. The van der Waals surface area contributed by atoms with E-state index < -0.39 is 0 Å². The molecule has 0 saturated carbocycles. The maximum absolute atomic E-state index is 5.50. The normalized spacial score (nSPS) is 16.4. The lowest BCUT2D eigenvalue weighted by Gasteiger charge is -2.22. The topological polar surface area (TPSA) is 79.1 Å². The molecule has 1 unspecified atom stereocenters. The molecule has 8 nitrogen and oxygen atoms in total. The van der Waals surface area contributed by atoms with E-state index in [1.54, 1.807) is 14.2 Å². The number of methoxy groups -OCH3 is 1. The Morgan fingerprint density at radius 2 is 2.03 bits per heavy atom. The van der Waals surface area contributed by atoms with E-state index in [0.29, 0.717) is 6.04 Å². The van der Waals surface area contributed by atoms with E-state index in [1.807, 2.05) is 47.0 Å².